The van der Waals surface area contributed by atoms with Crippen LogP contribution in [-0.4, -0.2) is 9.55 Å². The van der Waals surface area contributed by atoms with Crippen molar-refractivity contribution in [3.05, 3.63) is 52.5 Å². The van der Waals surface area contributed by atoms with E-state index in [1.54, 1.807) is 0 Å². The summed E-state index contributed by atoms with van der Waals surface area (Å²) in [7, 11) is 0. The van der Waals surface area contributed by atoms with Gasteiger partial charge in [0.05, 0.1) is 12.2 Å². The van der Waals surface area contributed by atoms with Crippen LogP contribution < -0.4 is 5.73 Å². The smallest absolute Gasteiger partial charge is 0.0642 e. The Bertz CT molecular complexity index is 476. The number of nitrogens with zero attached hydrogens (tertiary/aromatic N) is 2. The molecule has 2 N–H and O–H groups in total. The van der Waals surface area contributed by atoms with Crippen LogP contribution in [0.5, 0.6) is 0 Å². The molecule has 2 rings (SSSR count). The summed E-state index contributed by atoms with van der Waals surface area (Å²) in [6.07, 6.45) is 6.92. The van der Waals surface area contributed by atoms with Crippen LogP contribution in [-0.2, 0) is 6.54 Å². The van der Waals surface area contributed by atoms with Crippen molar-refractivity contribution in [2.24, 2.45) is 5.73 Å². The van der Waals surface area contributed by atoms with Crippen molar-refractivity contribution in [1.29, 1.82) is 0 Å². The Morgan fingerprint density at radius 1 is 1.41 bits per heavy atom. The second-order valence-electron chi connectivity index (χ2n) is 4.10. The van der Waals surface area contributed by atoms with Gasteiger partial charge in [-0.1, -0.05) is 6.92 Å². The van der Waals surface area contributed by atoms with Gasteiger partial charge in [0, 0.05) is 29.1 Å². The molecule has 0 radical (unpaired) electrons. The van der Waals surface area contributed by atoms with Crippen molar-refractivity contribution in [3.8, 4) is 0 Å². The molecule has 0 aromatic carbocycles. The fraction of sp³-hybridized carbons (Fsp3) is 0.308. The average Bonchev–Trinajstić information content (AvgIpc) is 2.80. The number of pyridine rings is 1. The van der Waals surface area contributed by atoms with Crippen LogP contribution in [0.1, 0.15) is 30.6 Å². The zero-order chi connectivity index (χ0) is 12.3. The molecule has 3 nitrogen and oxygen atoms in total. The van der Waals surface area contributed by atoms with Crippen LogP contribution in [0.3, 0.4) is 0 Å². The van der Waals surface area contributed by atoms with Crippen LogP contribution in [0.25, 0.3) is 0 Å². The topological polar surface area (TPSA) is 43.8 Å². The summed E-state index contributed by atoms with van der Waals surface area (Å²) in [4.78, 5) is 4.35. The molecule has 0 aliphatic rings. The van der Waals surface area contributed by atoms with Crippen LogP contribution >= 0.6 is 15.9 Å². The maximum Gasteiger partial charge on any atom is 0.0642 e. The number of halogens is 1. The highest BCUT2D eigenvalue weighted by molar-refractivity contribution is 9.10. The summed E-state index contributed by atoms with van der Waals surface area (Å²) in [6, 6.07) is 6.23. The van der Waals surface area contributed by atoms with Crippen molar-refractivity contribution >= 4 is 15.9 Å². The van der Waals surface area contributed by atoms with Gasteiger partial charge in [0.15, 0.2) is 0 Å². The molecule has 2 heterocycles. The number of aromatic nitrogens is 2. The highest BCUT2D eigenvalue weighted by Crippen LogP contribution is 2.15. The molecule has 0 amide bonds. The van der Waals surface area contributed by atoms with E-state index in [9.17, 15) is 0 Å². The molecule has 90 valence electrons. The van der Waals surface area contributed by atoms with Crippen LogP contribution in [0, 0.1) is 0 Å². The lowest BCUT2D eigenvalue weighted by atomic mass is 10.1. The summed E-state index contributed by atoms with van der Waals surface area (Å²) >= 11 is 3.38. The highest BCUT2D eigenvalue weighted by Gasteiger charge is 2.05. The minimum Gasteiger partial charge on any atom is -0.348 e. The summed E-state index contributed by atoms with van der Waals surface area (Å²) in [5.74, 6) is 0. The largest absolute Gasteiger partial charge is 0.348 e. The van der Waals surface area contributed by atoms with E-state index in [1.807, 2.05) is 18.3 Å². The van der Waals surface area contributed by atoms with E-state index >= 15 is 0 Å². The van der Waals surface area contributed by atoms with Gasteiger partial charge in [-0.05, 0) is 46.1 Å². The minimum atomic E-state index is 0.133. The Hall–Kier alpha value is -1.13. The Labute approximate surface area is 110 Å². The SMILES string of the molecule is CCC(N)c1ccn(Cc2ccc(Br)cn2)c1. The molecule has 0 aliphatic carbocycles. The van der Waals surface area contributed by atoms with E-state index in [0.717, 1.165) is 23.1 Å². The summed E-state index contributed by atoms with van der Waals surface area (Å²) in [6.45, 7) is 2.88. The quantitative estimate of drug-likeness (QED) is 0.941. The van der Waals surface area contributed by atoms with Crippen molar-refractivity contribution in [3.63, 3.8) is 0 Å². The number of hydrogen-bond donors (Lipinski definition) is 1. The first-order chi connectivity index (χ1) is 8.19. The lowest BCUT2D eigenvalue weighted by Crippen LogP contribution is -2.07. The van der Waals surface area contributed by atoms with Crippen LogP contribution in [0.2, 0.25) is 0 Å². The minimum absolute atomic E-state index is 0.133. The molecule has 1 unspecified atom stereocenters. The summed E-state index contributed by atoms with van der Waals surface area (Å²) < 4.78 is 3.11. The molecular formula is C13H16BrN3. The van der Waals surface area contributed by atoms with Gasteiger partial charge < -0.3 is 10.3 Å². The molecule has 1 atom stereocenters. The monoisotopic (exact) mass is 293 g/mol. The first kappa shape index (κ1) is 12.3. The van der Waals surface area contributed by atoms with Gasteiger partial charge in [0.2, 0.25) is 0 Å². The van der Waals surface area contributed by atoms with E-state index in [2.05, 4.69) is 50.9 Å². The molecule has 4 heteroatoms. The molecule has 2 aromatic heterocycles. The molecule has 0 aliphatic heterocycles. The predicted octanol–water partition coefficient (Wildman–Crippen LogP) is 3.10. The lowest BCUT2D eigenvalue weighted by Gasteiger charge is -2.05. The third kappa shape index (κ3) is 3.17. The Balaban J connectivity index is 2.08. The third-order valence-corrected chi connectivity index (χ3v) is 3.24. The molecule has 0 saturated carbocycles. The van der Waals surface area contributed by atoms with Crippen molar-refractivity contribution in [2.45, 2.75) is 25.9 Å². The van der Waals surface area contributed by atoms with Gasteiger partial charge in [-0.2, -0.15) is 0 Å². The van der Waals surface area contributed by atoms with Gasteiger partial charge in [0.25, 0.3) is 0 Å². The van der Waals surface area contributed by atoms with Gasteiger partial charge in [0.1, 0.15) is 0 Å². The van der Waals surface area contributed by atoms with Gasteiger partial charge >= 0.3 is 0 Å². The van der Waals surface area contributed by atoms with Crippen LogP contribution in [0.4, 0.5) is 0 Å². The maximum atomic E-state index is 5.99. The highest BCUT2D eigenvalue weighted by atomic mass is 79.9. The summed E-state index contributed by atoms with van der Waals surface area (Å²) in [5, 5.41) is 0. The van der Waals surface area contributed by atoms with Gasteiger partial charge in [-0.15, -0.1) is 0 Å². The van der Waals surface area contributed by atoms with Gasteiger partial charge in [-0.3, -0.25) is 4.98 Å². The predicted molar refractivity (Wildman–Crippen MR) is 72.7 cm³/mol. The van der Waals surface area contributed by atoms with Crippen LogP contribution in [0.15, 0.2) is 41.3 Å². The lowest BCUT2D eigenvalue weighted by molar-refractivity contribution is 0.691. The first-order valence-electron chi connectivity index (χ1n) is 5.70. The first-order valence-corrected chi connectivity index (χ1v) is 6.50. The van der Waals surface area contributed by atoms with Crippen molar-refractivity contribution < 1.29 is 0 Å². The fourth-order valence-corrected chi connectivity index (χ4v) is 1.93. The van der Waals surface area contributed by atoms with E-state index in [0.29, 0.717) is 0 Å². The molecule has 0 bridgehead atoms. The number of hydrogen-bond acceptors (Lipinski definition) is 2. The Morgan fingerprint density at radius 3 is 2.88 bits per heavy atom. The van der Waals surface area contributed by atoms with Gasteiger partial charge in [-0.25, -0.2) is 0 Å². The molecule has 17 heavy (non-hydrogen) atoms. The molecule has 0 saturated heterocycles. The molecule has 0 spiro atoms. The van der Waals surface area contributed by atoms with Crippen molar-refractivity contribution in [2.75, 3.05) is 0 Å². The fourth-order valence-electron chi connectivity index (χ4n) is 1.70. The standard InChI is InChI=1S/C13H16BrN3/c1-2-13(15)10-5-6-17(8-10)9-12-4-3-11(14)7-16-12/h3-8,13H,2,9,15H2,1H3. The van der Waals surface area contributed by atoms with E-state index in [1.165, 1.54) is 5.56 Å². The zero-order valence-corrected chi connectivity index (χ0v) is 11.4. The second kappa shape index (κ2) is 5.47. The maximum absolute atomic E-state index is 5.99. The normalized spacial score (nSPS) is 12.6. The molecule has 0 fully saturated rings. The zero-order valence-electron chi connectivity index (χ0n) is 9.81. The van der Waals surface area contributed by atoms with E-state index in [4.69, 9.17) is 5.73 Å². The number of rotatable bonds is 4. The molecule has 2 aromatic rings. The second-order valence-corrected chi connectivity index (χ2v) is 5.02. The number of nitrogens with two attached hydrogens (primary N) is 1. The summed E-state index contributed by atoms with van der Waals surface area (Å²) in [5.41, 5.74) is 8.21. The Kier molecular flexibility index (Phi) is 3.97. The Morgan fingerprint density at radius 2 is 2.24 bits per heavy atom. The van der Waals surface area contributed by atoms with E-state index in [-0.39, 0.29) is 6.04 Å². The third-order valence-electron chi connectivity index (χ3n) is 2.77. The van der Waals surface area contributed by atoms with Crippen molar-refractivity contribution in [1.82, 2.24) is 9.55 Å². The molecular weight excluding hydrogens is 278 g/mol. The van der Waals surface area contributed by atoms with E-state index < -0.39 is 0 Å². The average molecular weight is 294 g/mol.